The summed E-state index contributed by atoms with van der Waals surface area (Å²) in [6.07, 6.45) is 16.2. The van der Waals surface area contributed by atoms with Crippen LogP contribution >= 0.6 is 0 Å². The van der Waals surface area contributed by atoms with E-state index in [1.807, 2.05) is 0 Å². The molecule has 1 saturated carbocycles. The molecule has 15 heavy (non-hydrogen) atoms. The van der Waals surface area contributed by atoms with Crippen molar-refractivity contribution in [3.05, 3.63) is 0 Å². The summed E-state index contributed by atoms with van der Waals surface area (Å²) in [5.41, 5.74) is 0. The Hall–Kier alpha value is -0.0400. The molecule has 2 fully saturated rings. The Balaban J connectivity index is 1.90. The van der Waals surface area contributed by atoms with Crippen LogP contribution in [-0.2, 0) is 0 Å². The van der Waals surface area contributed by atoms with Gasteiger partial charge in [-0.25, -0.2) is 0 Å². The summed E-state index contributed by atoms with van der Waals surface area (Å²) in [6.45, 7) is 1.28. The average Bonchev–Trinajstić information content (AvgIpc) is 2.31. The highest BCUT2D eigenvalue weighted by Gasteiger charge is 2.22. The van der Waals surface area contributed by atoms with Gasteiger partial charge in [0, 0.05) is 6.04 Å². The molecule has 0 amide bonds. The molecule has 1 nitrogen and oxygen atoms in total. The zero-order valence-electron chi connectivity index (χ0n) is 10.1. The third-order valence-electron chi connectivity index (χ3n) is 4.32. The normalized spacial score (nSPS) is 35.2. The quantitative estimate of drug-likeness (QED) is 0.638. The van der Waals surface area contributed by atoms with Crippen LogP contribution in [-0.4, -0.2) is 12.6 Å². The molecular weight excluding hydrogens is 182 g/mol. The van der Waals surface area contributed by atoms with Crippen molar-refractivity contribution >= 4 is 0 Å². The van der Waals surface area contributed by atoms with Gasteiger partial charge in [0.05, 0.1) is 0 Å². The highest BCUT2D eigenvalue weighted by molar-refractivity contribution is 4.79. The molecule has 0 bridgehead atoms. The number of hydrogen-bond donors (Lipinski definition) is 1. The van der Waals surface area contributed by atoms with Crippen molar-refractivity contribution in [2.75, 3.05) is 6.54 Å². The van der Waals surface area contributed by atoms with Crippen molar-refractivity contribution in [3.63, 3.8) is 0 Å². The van der Waals surface area contributed by atoms with Gasteiger partial charge in [0.15, 0.2) is 0 Å². The van der Waals surface area contributed by atoms with Crippen LogP contribution in [0.15, 0.2) is 0 Å². The SMILES string of the molecule is C1CCCC2CCCCCNC2CCC1. The molecule has 1 heterocycles. The molecule has 0 aromatic carbocycles. The van der Waals surface area contributed by atoms with Crippen LogP contribution in [0.3, 0.4) is 0 Å². The maximum atomic E-state index is 3.82. The van der Waals surface area contributed by atoms with Crippen LogP contribution in [0.4, 0.5) is 0 Å². The smallest absolute Gasteiger partial charge is 0.00953 e. The van der Waals surface area contributed by atoms with Crippen molar-refractivity contribution in [1.82, 2.24) is 5.32 Å². The van der Waals surface area contributed by atoms with Crippen LogP contribution < -0.4 is 5.32 Å². The van der Waals surface area contributed by atoms with Crippen LogP contribution in [0.2, 0.25) is 0 Å². The third-order valence-corrected chi connectivity index (χ3v) is 4.32. The van der Waals surface area contributed by atoms with E-state index < -0.39 is 0 Å². The lowest BCUT2D eigenvalue weighted by atomic mass is 9.86. The van der Waals surface area contributed by atoms with E-state index in [1.165, 1.54) is 77.2 Å². The summed E-state index contributed by atoms with van der Waals surface area (Å²) < 4.78 is 0. The van der Waals surface area contributed by atoms with Crippen LogP contribution in [0.5, 0.6) is 0 Å². The topological polar surface area (TPSA) is 12.0 Å². The minimum absolute atomic E-state index is 0.864. The molecule has 2 unspecified atom stereocenters. The number of fused-ring (bicyclic) bond motifs is 1. The molecule has 2 aliphatic rings. The lowest BCUT2D eigenvalue weighted by molar-refractivity contribution is 0.271. The molecule has 88 valence electrons. The lowest BCUT2D eigenvalue weighted by Gasteiger charge is -2.30. The van der Waals surface area contributed by atoms with Gasteiger partial charge in [-0.15, -0.1) is 0 Å². The summed E-state index contributed by atoms with van der Waals surface area (Å²) in [4.78, 5) is 0. The largest absolute Gasteiger partial charge is 0.314 e. The fourth-order valence-corrected chi connectivity index (χ4v) is 3.35. The number of hydrogen-bond acceptors (Lipinski definition) is 1. The molecule has 1 heteroatoms. The predicted octanol–water partition coefficient (Wildman–Crippen LogP) is 3.88. The van der Waals surface area contributed by atoms with Gasteiger partial charge in [0.2, 0.25) is 0 Å². The Kier molecular flexibility index (Phi) is 4.98. The van der Waals surface area contributed by atoms with E-state index in [-0.39, 0.29) is 0 Å². The standard InChI is InChI=1S/C14H27N/c1-2-5-9-13-10-6-4-8-12-15-14(13)11-7-3-1/h13-15H,1-12H2. The van der Waals surface area contributed by atoms with E-state index in [1.54, 1.807) is 0 Å². The Morgan fingerprint density at radius 3 is 2.00 bits per heavy atom. The Morgan fingerprint density at radius 1 is 0.600 bits per heavy atom. The van der Waals surface area contributed by atoms with Gasteiger partial charge >= 0.3 is 0 Å². The maximum Gasteiger partial charge on any atom is 0.00953 e. The fraction of sp³-hybridized carbons (Fsp3) is 1.00. The van der Waals surface area contributed by atoms with Gasteiger partial charge in [-0.2, -0.15) is 0 Å². The molecule has 0 radical (unpaired) electrons. The first-order valence-corrected chi connectivity index (χ1v) is 7.20. The van der Waals surface area contributed by atoms with Crippen molar-refractivity contribution in [2.24, 2.45) is 5.92 Å². The lowest BCUT2D eigenvalue weighted by Crippen LogP contribution is -2.38. The van der Waals surface area contributed by atoms with E-state index in [9.17, 15) is 0 Å². The van der Waals surface area contributed by atoms with Crippen LogP contribution in [0.25, 0.3) is 0 Å². The first-order valence-electron chi connectivity index (χ1n) is 7.20. The third kappa shape index (κ3) is 3.79. The minimum Gasteiger partial charge on any atom is -0.314 e. The van der Waals surface area contributed by atoms with E-state index in [0.29, 0.717) is 0 Å². The Morgan fingerprint density at radius 2 is 1.20 bits per heavy atom. The molecule has 1 aliphatic heterocycles. The second-order valence-corrected chi connectivity index (χ2v) is 5.52. The first-order chi connectivity index (χ1) is 7.47. The van der Waals surface area contributed by atoms with E-state index >= 15 is 0 Å². The summed E-state index contributed by atoms with van der Waals surface area (Å²) in [5.74, 6) is 1.00. The molecular formula is C14H27N. The number of nitrogens with one attached hydrogen (secondary N) is 1. The second-order valence-electron chi connectivity index (χ2n) is 5.52. The van der Waals surface area contributed by atoms with E-state index in [2.05, 4.69) is 5.32 Å². The predicted molar refractivity (Wildman–Crippen MR) is 66.1 cm³/mol. The minimum atomic E-state index is 0.864. The number of rotatable bonds is 0. The van der Waals surface area contributed by atoms with Gasteiger partial charge in [0.25, 0.3) is 0 Å². The molecule has 0 aromatic rings. The van der Waals surface area contributed by atoms with Crippen molar-refractivity contribution in [2.45, 2.75) is 76.7 Å². The summed E-state index contributed by atoms with van der Waals surface area (Å²) in [5, 5.41) is 3.82. The van der Waals surface area contributed by atoms with E-state index in [4.69, 9.17) is 0 Å². The molecule has 0 spiro atoms. The second kappa shape index (κ2) is 6.52. The Bertz CT molecular complexity index is 149. The molecule has 1 N–H and O–H groups in total. The highest BCUT2D eigenvalue weighted by Crippen LogP contribution is 2.27. The monoisotopic (exact) mass is 209 g/mol. The fourth-order valence-electron chi connectivity index (χ4n) is 3.35. The summed E-state index contributed by atoms with van der Waals surface area (Å²) in [7, 11) is 0. The zero-order valence-corrected chi connectivity index (χ0v) is 10.1. The van der Waals surface area contributed by atoms with Crippen molar-refractivity contribution in [3.8, 4) is 0 Å². The van der Waals surface area contributed by atoms with Gasteiger partial charge < -0.3 is 5.32 Å². The highest BCUT2D eigenvalue weighted by atomic mass is 14.9. The van der Waals surface area contributed by atoms with Gasteiger partial charge in [-0.05, 0) is 38.1 Å². The average molecular weight is 209 g/mol. The van der Waals surface area contributed by atoms with E-state index in [0.717, 1.165) is 12.0 Å². The van der Waals surface area contributed by atoms with Crippen molar-refractivity contribution in [1.29, 1.82) is 0 Å². The van der Waals surface area contributed by atoms with Crippen molar-refractivity contribution < 1.29 is 0 Å². The van der Waals surface area contributed by atoms with Gasteiger partial charge in [-0.1, -0.05) is 44.9 Å². The molecule has 0 aromatic heterocycles. The Labute approximate surface area is 95.0 Å². The van der Waals surface area contributed by atoms with Gasteiger partial charge in [0.1, 0.15) is 0 Å². The molecule has 2 atom stereocenters. The first kappa shape index (κ1) is 11.4. The van der Waals surface area contributed by atoms with Crippen LogP contribution in [0, 0.1) is 5.92 Å². The molecule has 1 saturated heterocycles. The molecule has 2 rings (SSSR count). The maximum absolute atomic E-state index is 3.82. The zero-order chi connectivity index (χ0) is 10.3. The summed E-state index contributed by atoms with van der Waals surface area (Å²) in [6, 6.07) is 0.864. The van der Waals surface area contributed by atoms with Gasteiger partial charge in [-0.3, -0.25) is 0 Å². The summed E-state index contributed by atoms with van der Waals surface area (Å²) >= 11 is 0. The van der Waals surface area contributed by atoms with Crippen LogP contribution in [0.1, 0.15) is 70.6 Å². The molecule has 1 aliphatic carbocycles.